The lowest BCUT2D eigenvalue weighted by molar-refractivity contribution is -0.123. The number of carbonyl (C=O) groups is 1. The van der Waals surface area contributed by atoms with Gasteiger partial charge in [0.15, 0.2) is 0 Å². The molecule has 0 atom stereocenters. The molecule has 0 aliphatic heterocycles. The maximum absolute atomic E-state index is 13.8. The summed E-state index contributed by atoms with van der Waals surface area (Å²) in [6.07, 6.45) is 12.4. The van der Waals surface area contributed by atoms with Crippen LogP contribution in [0.25, 0.3) is 23.3 Å². The van der Waals surface area contributed by atoms with Gasteiger partial charge in [0, 0.05) is 37.5 Å². The van der Waals surface area contributed by atoms with Crippen LogP contribution in [0, 0.1) is 5.92 Å². The molecular weight excluding hydrogens is 470 g/mol. The van der Waals surface area contributed by atoms with Gasteiger partial charge in [0.05, 0.1) is 12.7 Å². The summed E-state index contributed by atoms with van der Waals surface area (Å²) in [6, 6.07) is 25.3. The van der Waals surface area contributed by atoms with Gasteiger partial charge in [0.1, 0.15) is 6.26 Å². The van der Waals surface area contributed by atoms with Crippen molar-refractivity contribution in [3.63, 3.8) is 0 Å². The van der Waals surface area contributed by atoms with E-state index in [1.165, 1.54) is 23.2 Å². The predicted octanol–water partition coefficient (Wildman–Crippen LogP) is 7.69. The van der Waals surface area contributed by atoms with Crippen molar-refractivity contribution in [3.05, 3.63) is 102 Å². The number of anilines is 2. The first-order valence-corrected chi connectivity index (χ1v) is 13.4. The molecule has 0 radical (unpaired) electrons. The molecule has 1 aliphatic carbocycles. The van der Waals surface area contributed by atoms with Gasteiger partial charge >= 0.3 is 0 Å². The summed E-state index contributed by atoms with van der Waals surface area (Å²) in [5.41, 5.74) is 6.56. The maximum atomic E-state index is 13.8. The maximum Gasteiger partial charge on any atom is 0.230 e. The highest BCUT2D eigenvalue weighted by molar-refractivity contribution is 5.95. The minimum absolute atomic E-state index is 0.0877. The molecule has 5 rings (SSSR count). The standard InChI is InChI=1S/C33H35N3O2/c1-35(2)30-18-16-28(17-19-30)27-14-11-26(12-15-27)24-36(33(37)29-8-4-3-5-9-29)31-10-6-7-25(23-31)13-20-32-34-21-22-38-32/h6-7,10-23,29H,3-5,8-9,24H2,1-2H3/b20-13+. The fraction of sp³-hybridized carbons (Fsp3) is 0.273. The zero-order valence-corrected chi connectivity index (χ0v) is 22.2. The molecule has 1 heterocycles. The van der Waals surface area contributed by atoms with Crippen LogP contribution in [0.3, 0.4) is 0 Å². The first-order valence-electron chi connectivity index (χ1n) is 13.4. The van der Waals surface area contributed by atoms with Gasteiger partial charge in [-0.05, 0) is 65.4 Å². The SMILES string of the molecule is CN(C)c1ccc(-c2ccc(CN(C(=O)C3CCCCC3)c3cccc(/C=C/c4ncco4)c3)cc2)cc1. The van der Waals surface area contributed by atoms with Crippen LogP contribution < -0.4 is 9.80 Å². The zero-order chi connectivity index (χ0) is 26.3. The largest absolute Gasteiger partial charge is 0.445 e. The molecule has 1 fully saturated rings. The Kier molecular flexibility index (Phi) is 8.03. The van der Waals surface area contributed by atoms with Crippen molar-refractivity contribution in [1.29, 1.82) is 0 Å². The van der Waals surface area contributed by atoms with Crippen molar-refractivity contribution in [2.75, 3.05) is 23.9 Å². The number of benzene rings is 3. The van der Waals surface area contributed by atoms with Gasteiger partial charge in [-0.3, -0.25) is 4.79 Å². The van der Waals surface area contributed by atoms with E-state index in [1.807, 2.05) is 49.3 Å². The van der Waals surface area contributed by atoms with E-state index in [4.69, 9.17) is 4.42 Å². The van der Waals surface area contributed by atoms with Gasteiger partial charge in [-0.25, -0.2) is 4.98 Å². The molecular formula is C33H35N3O2. The second kappa shape index (κ2) is 12.0. The van der Waals surface area contributed by atoms with E-state index in [0.29, 0.717) is 12.4 Å². The molecule has 1 aromatic heterocycles. The van der Waals surface area contributed by atoms with Gasteiger partial charge in [-0.1, -0.05) is 67.8 Å². The number of oxazole rings is 1. The zero-order valence-electron chi connectivity index (χ0n) is 22.2. The average molecular weight is 506 g/mol. The predicted molar refractivity (Wildman–Crippen MR) is 156 cm³/mol. The Morgan fingerprint density at radius 3 is 2.26 bits per heavy atom. The molecule has 1 amide bonds. The Hall–Kier alpha value is -4.12. The summed E-state index contributed by atoms with van der Waals surface area (Å²) in [5.74, 6) is 0.869. The molecule has 1 saturated carbocycles. The van der Waals surface area contributed by atoms with E-state index in [0.717, 1.165) is 42.5 Å². The second-order valence-electron chi connectivity index (χ2n) is 10.2. The third kappa shape index (κ3) is 6.23. The van der Waals surface area contributed by atoms with Crippen LogP contribution in [-0.2, 0) is 11.3 Å². The lowest BCUT2D eigenvalue weighted by Gasteiger charge is -2.30. The van der Waals surface area contributed by atoms with Gasteiger partial charge < -0.3 is 14.2 Å². The number of rotatable bonds is 8. The molecule has 0 saturated heterocycles. The molecule has 0 unspecified atom stereocenters. The lowest BCUT2D eigenvalue weighted by Crippen LogP contribution is -2.36. The molecule has 5 heteroatoms. The molecule has 0 spiro atoms. The molecule has 3 aromatic carbocycles. The first-order chi connectivity index (χ1) is 18.6. The van der Waals surface area contributed by atoms with E-state index in [2.05, 4.69) is 64.5 Å². The monoisotopic (exact) mass is 505 g/mol. The van der Waals surface area contributed by atoms with E-state index >= 15 is 0 Å². The average Bonchev–Trinajstić information content (AvgIpc) is 3.49. The molecule has 38 heavy (non-hydrogen) atoms. The number of amides is 1. The first kappa shape index (κ1) is 25.5. The Morgan fingerprint density at radius 1 is 0.895 bits per heavy atom. The van der Waals surface area contributed by atoms with Crippen LogP contribution >= 0.6 is 0 Å². The van der Waals surface area contributed by atoms with Crippen LogP contribution in [0.15, 0.2) is 89.7 Å². The Morgan fingerprint density at radius 2 is 1.61 bits per heavy atom. The van der Waals surface area contributed by atoms with Crippen LogP contribution in [-0.4, -0.2) is 25.0 Å². The van der Waals surface area contributed by atoms with E-state index in [1.54, 1.807) is 12.5 Å². The number of hydrogen-bond donors (Lipinski definition) is 0. The molecule has 1 aliphatic rings. The van der Waals surface area contributed by atoms with Crippen LogP contribution in [0.1, 0.15) is 49.1 Å². The van der Waals surface area contributed by atoms with Crippen molar-refractivity contribution in [3.8, 4) is 11.1 Å². The van der Waals surface area contributed by atoms with E-state index < -0.39 is 0 Å². The molecule has 4 aromatic rings. The third-order valence-electron chi connectivity index (χ3n) is 7.28. The van der Waals surface area contributed by atoms with Crippen molar-refractivity contribution in [2.24, 2.45) is 5.92 Å². The summed E-state index contributed by atoms with van der Waals surface area (Å²) in [7, 11) is 4.10. The lowest BCUT2D eigenvalue weighted by atomic mass is 9.88. The van der Waals surface area contributed by atoms with Crippen LogP contribution in [0.4, 0.5) is 11.4 Å². The normalized spacial score (nSPS) is 14.1. The second-order valence-corrected chi connectivity index (χ2v) is 10.2. The number of hydrogen-bond acceptors (Lipinski definition) is 4. The van der Waals surface area contributed by atoms with E-state index in [9.17, 15) is 4.79 Å². The smallest absolute Gasteiger partial charge is 0.230 e. The fourth-order valence-corrected chi connectivity index (χ4v) is 5.08. The van der Waals surface area contributed by atoms with Gasteiger partial charge in [0.25, 0.3) is 0 Å². The molecule has 0 bridgehead atoms. The Balaban J connectivity index is 1.39. The Labute approximate surface area is 225 Å². The molecule has 194 valence electrons. The van der Waals surface area contributed by atoms with E-state index in [-0.39, 0.29) is 11.8 Å². The Bertz CT molecular complexity index is 1350. The topological polar surface area (TPSA) is 49.6 Å². The summed E-state index contributed by atoms with van der Waals surface area (Å²) in [4.78, 5) is 22.0. The quantitative estimate of drug-likeness (QED) is 0.246. The summed E-state index contributed by atoms with van der Waals surface area (Å²) >= 11 is 0. The molecule has 5 nitrogen and oxygen atoms in total. The highest BCUT2D eigenvalue weighted by Gasteiger charge is 2.27. The summed E-state index contributed by atoms with van der Waals surface area (Å²) in [5, 5.41) is 0. The van der Waals surface area contributed by atoms with Crippen molar-refractivity contribution < 1.29 is 9.21 Å². The third-order valence-corrected chi connectivity index (χ3v) is 7.28. The van der Waals surface area contributed by atoms with Gasteiger partial charge in [0.2, 0.25) is 11.8 Å². The minimum atomic E-state index is 0.0877. The minimum Gasteiger partial charge on any atom is -0.445 e. The van der Waals surface area contributed by atoms with Crippen molar-refractivity contribution >= 4 is 29.4 Å². The molecule has 0 N–H and O–H groups in total. The van der Waals surface area contributed by atoms with Crippen LogP contribution in [0.2, 0.25) is 0 Å². The highest BCUT2D eigenvalue weighted by Crippen LogP contribution is 2.30. The van der Waals surface area contributed by atoms with Gasteiger partial charge in [-0.15, -0.1) is 0 Å². The number of aromatic nitrogens is 1. The number of carbonyl (C=O) groups excluding carboxylic acids is 1. The van der Waals surface area contributed by atoms with Crippen molar-refractivity contribution in [1.82, 2.24) is 4.98 Å². The van der Waals surface area contributed by atoms with Crippen LogP contribution in [0.5, 0.6) is 0 Å². The van der Waals surface area contributed by atoms with Crippen molar-refractivity contribution in [2.45, 2.75) is 38.6 Å². The summed E-state index contributed by atoms with van der Waals surface area (Å²) in [6.45, 7) is 0.544. The summed E-state index contributed by atoms with van der Waals surface area (Å²) < 4.78 is 5.32. The fourth-order valence-electron chi connectivity index (χ4n) is 5.08. The number of nitrogens with zero attached hydrogens (tertiary/aromatic N) is 3. The highest BCUT2D eigenvalue weighted by atomic mass is 16.3. The van der Waals surface area contributed by atoms with Gasteiger partial charge in [-0.2, -0.15) is 0 Å².